The number of unbranched alkanes of at least 4 members (excludes halogenated alkanes) is 4. The molecule has 0 aliphatic heterocycles. The third-order valence-corrected chi connectivity index (χ3v) is 8.44. The molecule has 0 spiro atoms. The lowest BCUT2D eigenvalue weighted by atomic mass is 9.46. The summed E-state index contributed by atoms with van der Waals surface area (Å²) in [6.45, 7) is 3.05. The van der Waals surface area contributed by atoms with E-state index in [-0.39, 0.29) is 12.4 Å². The van der Waals surface area contributed by atoms with Crippen molar-refractivity contribution in [2.24, 2.45) is 29.1 Å². The zero-order valence-corrected chi connectivity index (χ0v) is 20.0. The van der Waals surface area contributed by atoms with Crippen LogP contribution < -0.4 is 4.74 Å². The van der Waals surface area contributed by atoms with Gasteiger partial charge < -0.3 is 9.84 Å². The van der Waals surface area contributed by atoms with Gasteiger partial charge in [-0.15, -0.1) is 12.4 Å². The highest BCUT2D eigenvalue weighted by Crippen LogP contribution is 2.63. The van der Waals surface area contributed by atoms with Crippen molar-refractivity contribution in [1.29, 1.82) is 0 Å². The lowest BCUT2D eigenvalue weighted by molar-refractivity contribution is -0.0933. The minimum atomic E-state index is -0.883. The first-order chi connectivity index (χ1) is 14.6. The molecule has 1 unspecified atom stereocenters. The van der Waals surface area contributed by atoms with Gasteiger partial charge in [-0.3, -0.25) is 0 Å². The largest absolute Gasteiger partial charge is 0.494 e. The van der Waals surface area contributed by atoms with Crippen LogP contribution >= 0.6 is 12.4 Å². The van der Waals surface area contributed by atoms with Gasteiger partial charge in [-0.05, 0) is 105 Å². The van der Waals surface area contributed by atoms with Crippen molar-refractivity contribution in [3.05, 3.63) is 29.8 Å². The number of rotatable bonds is 12. The molecule has 4 aliphatic carbocycles. The van der Waals surface area contributed by atoms with Crippen LogP contribution in [0.4, 0.5) is 0 Å². The molecule has 0 amide bonds. The van der Waals surface area contributed by atoms with Gasteiger partial charge in [0.2, 0.25) is 0 Å². The number of aromatic carboxylic acids is 1. The molecular weight excluding hydrogens is 408 g/mol. The van der Waals surface area contributed by atoms with Crippen molar-refractivity contribution >= 4 is 18.4 Å². The smallest absolute Gasteiger partial charge is 0.335 e. The van der Waals surface area contributed by atoms with E-state index >= 15 is 0 Å². The molecule has 4 aliphatic rings. The van der Waals surface area contributed by atoms with Gasteiger partial charge in [0.05, 0.1) is 12.2 Å². The van der Waals surface area contributed by atoms with Crippen LogP contribution in [0.2, 0.25) is 0 Å². The summed E-state index contributed by atoms with van der Waals surface area (Å²) in [4.78, 5) is 11.0. The van der Waals surface area contributed by atoms with Gasteiger partial charge in [-0.1, -0.05) is 39.0 Å². The Balaban J connectivity index is 0.00000272. The molecule has 0 heterocycles. The monoisotopic (exact) mass is 448 g/mol. The highest BCUT2D eigenvalue weighted by Gasteiger charge is 2.53. The standard InChI is InChI=1S/C27H40O3.ClH/c1-2-3-4-5-6-7-24(12-13-30-25-10-8-23(9-11-25)26(28)29)27-17-20-14-21(18-27)16-22(15-20)19-27;/h8-11,20-22,24H,2-7,12-19H2,1H3,(H,28,29);1H. The van der Waals surface area contributed by atoms with Crippen molar-refractivity contribution < 1.29 is 14.6 Å². The molecule has 4 fully saturated rings. The summed E-state index contributed by atoms with van der Waals surface area (Å²) in [5.41, 5.74) is 0.914. The van der Waals surface area contributed by atoms with Gasteiger partial charge in [-0.25, -0.2) is 4.79 Å². The fourth-order valence-electron chi connectivity index (χ4n) is 7.44. The van der Waals surface area contributed by atoms with Crippen molar-refractivity contribution in [2.75, 3.05) is 6.61 Å². The third-order valence-electron chi connectivity index (χ3n) is 8.44. The van der Waals surface area contributed by atoms with Crippen LogP contribution in [0.1, 0.15) is 101 Å². The van der Waals surface area contributed by atoms with Crippen LogP contribution in [0.25, 0.3) is 0 Å². The fourth-order valence-corrected chi connectivity index (χ4v) is 7.44. The topological polar surface area (TPSA) is 46.5 Å². The highest BCUT2D eigenvalue weighted by molar-refractivity contribution is 5.87. The number of carboxylic acid groups (broad SMARTS) is 1. The first-order valence-corrected chi connectivity index (χ1v) is 12.5. The molecule has 174 valence electrons. The SMILES string of the molecule is CCCCCCCC(CCOc1ccc(C(=O)O)cc1)C12CC3CC(CC(C3)C1)C2.Cl. The maximum atomic E-state index is 11.0. The Hall–Kier alpha value is -1.22. The molecule has 1 aromatic rings. The van der Waals surface area contributed by atoms with Crippen LogP contribution in [0.3, 0.4) is 0 Å². The summed E-state index contributed by atoms with van der Waals surface area (Å²) in [5, 5.41) is 9.07. The molecule has 4 saturated carbocycles. The van der Waals surface area contributed by atoms with E-state index in [1.165, 1.54) is 77.0 Å². The number of halogens is 1. The number of ether oxygens (including phenoxy) is 1. The summed E-state index contributed by atoms with van der Waals surface area (Å²) >= 11 is 0. The van der Waals surface area contributed by atoms with Crippen LogP contribution in [0, 0.1) is 29.1 Å². The first kappa shape index (κ1) is 24.4. The second kappa shape index (κ2) is 11.1. The Morgan fingerprint density at radius 3 is 2.10 bits per heavy atom. The van der Waals surface area contributed by atoms with Gasteiger partial charge in [0.25, 0.3) is 0 Å². The Bertz CT molecular complexity index is 664. The molecule has 0 radical (unpaired) electrons. The van der Waals surface area contributed by atoms with E-state index in [1.807, 2.05) is 0 Å². The number of hydrogen-bond acceptors (Lipinski definition) is 2. The number of carbonyl (C=O) groups is 1. The Labute approximate surface area is 194 Å². The van der Waals surface area contributed by atoms with E-state index < -0.39 is 5.97 Å². The van der Waals surface area contributed by atoms with E-state index in [9.17, 15) is 4.79 Å². The predicted octanol–water partition coefficient (Wildman–Crippen LogP) is 7.77. The average Bonchev–Trinajstić information content (AvgIpc) is 2.71. The van der Waals surface area contributed by atoms with Crippen LogP contribution in [0.5, 0.6) is 5.75 Å². The summed E-state index contributed by atoms with van der Waals surface area (Å²) in [5.74, 6) is 3.72. The zero-order valence-electron chi connectivity index (χ0n) is 19.2. The molecule has 31 heavy (non-hydrogen) atoms. The lowest BCUT2D eigenvalue weighted by Crippen LogP contribution is -2.49. The maximum Gasteiger partial charge on any atom is 0.335 e. The normalized spacial score (nSPS) is 29.4. The second-order valence-corrected chi connectivity index (χ2v) is 10.6. The molecule has 1 N–H and O–H groups in total. The van der Waals surface area contributed by atoms with E-state index in [0.29, 0.717) is 11.0 Å². The van der Waals surface area contributed by atoms with E-state index in [2.05, 4.69) is 6.92 Å². The molecule has 1 aromatic carbocycles. The van der Waals surface area contributed by atoms with Gasteiger partial charge >= 0.3 is 5.97 Å². The van der Waals surface area contributed by atoms with Crippen molar-refractivity contribution in [3.8, 4) is 5.75 Å². The summed E-state index contributed by atoms with van der Waals surface area (Å²) in [7, 11) is 0. The summed E-state index contributed by atoms with van der Waals surface area (Å²) < 4.78 is 6.09. The third kappa shape index (κ3) is 5.97. The molecule has 0 saturated heterocycles. The lowest BCUT2D eigenvalue weighted by Gasteiger charge is -2.60. The molecule has 4 heteroatoms. The van der Waals surface area contributed by atoms with Crippen molar-refractivity contribution in [2.45, 2.75) is 90.4 Å². The molecule has 4 bridgehead atoms. The van der Waals surface area contributed by atoms with E-state index in [1.54, 1.807) is 24.3 Å². The molecular formula is C27H41ClO3. The van der Waals surface area contributed by atoms with Crippen LogP contribution in [0.15, 0.2) is 24.3 Å². The fraction of sp³-hybridized carbons (Fsp3) is 0.741. The number of hydrogen-bond donors (Lipinski definition) is 1. The Kier molecular flexibility index (Phi) is 8.73. The molecule has 0 aromatic heterocycles. The average molecular weight is 449 g/mol. The van der Waals surface area contributed by atoms with Gasteiger partial charge in [0.1, 0.15) is 5.75 Å². The Morgan fingerprint density at radius 1 is 0.968 bits per heavy atom. The van der Waals surface area contributed by atoms with E-state index in [4.69, 9.17) is 9.84 Å². The number of benzene rings is 1. The van der Waals surface area contributed by atoms with Crippen molar-refractivity contribution in [1.82, 2.24) is 0 Å². The first-order valence-electron chi connectivity index (χ1n) is 12.5. The predicted molar refractivity (Wildman–Crippen MR) is 128 cm³/mol. The van der Waals surface area contributed by atoms with Gasteiger partial charge in [0, 0.05) is 0 Å². The second-order valence-electron chi connectivity index (χ2n) is 10.6. The van der Waals surface area contributed by atoms with Crippen LogP contribution in [-0.2, 0) is 0 Å². The van der Waals surface area contributed by atoms with Gasteiger partial charge in [0.15, 0.2) is 0 Å². The molecule has 3 nitrogen and oxygen atoms in total. The van der Waals surface area contributed by atoms with E-state index in [0.717, 1.165) is 42.4 Å². The Morgan fingerprint density at radius 2 is 1.55 bits per heavy atom. The van der Waals surface area contributed by atoms with Crippen molar-refractivity contribution in [3.63, 3.8) is 0 Å². The van der Waals surface area contributed by atoms with Gasteiger partial charge in [-0.2, -0.15) is 0 Å². The molecule has 5 rings (SSSR count). The summed E-state index contributed by atoms with van der Waals surface area (Å²) in [6.07, 6.45) is 18.3. The zero-order chi connectivity index (χ0) is 21.0. The minimum Gasteiger partial charge on any atom is -0.494 e. The quantitative estimate of drug-likeness (QED) is 0.332. The molecule has 1 atom stereocenters. The van der Waals surface area contributed by atoms with Crippen LogP contribution in [-0.4, -0.2) is 17.7 Å². The maximum absolute atomic E-state index is 11.0. The number of carboxylic acids is 1. The summed E-state index contributed by atoms with van der Waals surface area (Å²) in [6, 6.07) is 6.88. The minimum absolute atomic E-state index is 0. The highest BCUT2D eigenvalue weighted by atomic mass is 35.5.